The Bertz CT molecular complexity index is 1930. The van der Waals surface area contributed by atoms with Crippen LogP contribution in [0.2, 0.25) is 0 Å². The summed E-state index contributed by atoms with van der Waals surface area (Å²) in [5, 5.41) is 2.80. The molecule has 0 unspecified atom stereocenters. The Morgan fingerprint density at radius 3 is 2.13 bits per heavy atom. The molecule has 12 nitrogen and oxygen atoms in total. The maximum Gasteiger partial charge on any atom is 0.263 e. The van der Waals surface area contributed by atoms with E-state index in [9.17, 15) is 13.2 Å². The van der Waals surface area contributed by atoms with E-state index in [1.54, 1.807) is 54.6 Å². The number of hydrogen-bond donors (Lipinski definition) is 2. The van der Waals surface area contributed by atoms with Crippen LogP contribution < -0.4 is 24.2 Å². The van der Waals surface area contributed by atoms with Gasteiger partial charge >= 0.3 is 0 Å². The topological polar surface area (TPSA) is 155 Å². The predicted molar refractivity (Wildman–Crippen MR) is 177 cm³/mol. The molecule has 3 aromatic carbocycles. The number of nitrogens with one attached hydrogen (secondary N) is 2. The first kappa shape index (κ1) is 32.8. The van der Waals surface area contributed by atoms with Crippen LogP contribution in [0.3, 0.4) is 0 Å². The number of methoxy groups -OCH3 is 1. The number of para-hydroxylation sites is 3. The van der Waals surface area contributed by atoms with E-state index in [0.29, 0.717) is 11.4 Å². The van der Waals surface area contributed by atoms with E-state index in [1.807, 2.05) is 39.0 Å². The zero-order valence-electron chi connectivity index (χ0n) is 26.3. The average Bonchev–Trinajstić information content (AvgIpc) is 3.06. The third-order valence-electron chi connectivity index (χ3n) is 6.77. The van der Waals surface area contributed by atoms with Crippen molar-refractivity contribution in [2.75, 3.05) is 23.8 Å². The largest absolute Gasteiger partial charge is 0.493 e. The molecule has 0 bridgehead atoms. The number of anilines is 2. The third kappa shape index (κ3) is 8.38. The summed E-state index contributed by atoms with van der Waals surface area (Å²) >= 11 is 0. The van der Waals surface area contributed by atoms with E-state index in [1.165, 1.54) is 31.6 Å². The molecule has 47 heavy (non-hydrogen) atoms. The van der Waals surface area contributed by atoms with Crippen LogP contribution in [0.25, 0.3) is 11.6 Å². The summed E-state index contributed by atoms with van der Waals surface area (Å²) < 4.78 is 47.7. The Balaban J connectivity index is 1.55. The number of nitrogens with zero attached hydrogens (tertiary/aromatic N) is 4. The Morgan fingerprint density at radius 1 is 0.809 bits per heavy atom. The molecule has 0 spiro atoms. The number of carbonyl (C=O) groups excluding carboxylic acids is 1. The molecule has 1 amide bonds. The number of sulfonamides is 1. The zero-order valence-corrected chi connectivity index (χ0v) is 27.1. The van der Waals surface area contributed by atoms with Crippen molar-refractivity contribution in [2.24, 2.45) is 0 Å². The molecule has 0 aliphatic carbocycles. The third-order valence-corrected chi connectivity index (χ3v) is 8.12. The van der Waals surface area contributed by atoms with Crippen molar-refractivity contribution in [3.63, 3.8) is 0 Å². The number of hydrogen-bond acceptors (Lipinski definition) is 10. The molecule has 0 aliphatic heterocycles. The Kier molecular flexibility index (Phi) is 9.95. The predicted octanol–water partition coefficient (Wildman–Crippen LogP) is 6.24. The Hall–Kier alpha value is -5.56. The summed E-state index contributed by atoms with van der Waals surface area (Å²) in [5.41, 5.74) is 1.43. The molecule has 0 saturated heterocycles. The quantitative estimate of drug-likeness (QED) is 0.158. The molecule has 0 aliphatic rings. The van der Waals surface area contributed by atoms with Gasteiger partial charge in [0, 0.05) is 18.1 Å². The number of benzene rings is 3. The van der Waals surface area contributed by atoms with E-state index in [-0.39, 0.29) is 64.1 Å². The van der Waals surface area contributed by atoms with Crippen LogP contribution in [-0.4, -0.2) is 48.0 Å². The van der Waals surface area contributed by atoms with Crippen LogP contribution in [0.4, 0.5) is 11.5 Å². The van der Waals surface area contributed by atoms with Gasteiger partial charge in [-0.15, -0.1) is 0 Å². The molecule has 242 valence electrons. The first-order valence-corrected chi connectivity index (χ1v) is 16.1. The molecule has 5 rings (SSSR count). The second kappa shape index (κ2) is 14.3. The van der Waals surface area contributed by atoms with Gasteiger partial charge in [0.2, 0.25) is 17.5 Å². The number of ether oxygens (including phenoxy) is 3. The fraction of sp³-hybridized carbons (Fsp3) is 0.206. The van der Waals surface area contributed by atoms with Crippen LogP contribution in [0, 0.1) is 0 Å². The monoisotopic (exact) mass is 654 g/mol. The molecular weight excluding hydrogens is 620 g/mol. The van der Waals surface area contributed by atoms with Gasteiger partial charge < -0.3 is 19.5 Å². The number of rotatable bonds is 12. The normalized spacial score (nSPS) is 11.4. The van der Waals surface area contributed by atoms with Gasteiger partial charge in [-0.05, 0) is 53.4 Å². The smallest absolute Gasteiger partial charge is 0.263 e. The van der Waals surface area contributed by atoms with Gasteiger partial charge in [0.05, 0.1) is 25.0 Å². The first-order valence-electron chi connectivity index (χ1n) is 14.6. The van der Waals surface area contributed by atoms with Crippen molar-refractivity contribution < 1.29 is 27.4 Å². The Labute approximate surface area is 273 Å². The molecule has 13 heteroatoms. The zero-order chi connectivity index (χ0) is 33.4. The van der Waals surface area contributed by atoms with Gasteiger partial charge in [0.25, 0.3) is 15.9 Å². The standard InChI is InChI=1S/C34H34N6O6S/c1-34(2,3)23-15-17-25(18-16-23)47(42,43)40-30-29(46-27-14-9-8-13-26(27)44-4)33(39-32(38-30)31-35-20-10-21-36-31)45-22-19-28(41)37-24-11-6-5-7-12-24/h5-18,20-21H,19,22H2,1-4H3,(H,37,41)(H,38,39,40). The van der Waals surface area contributed by atoms with E-state index < -0.39 is 10.0 Å². The maximum absolute atomic E-state index is 13.7. The molecule has 2 heterocycles. The van der Waals surface area contributed by atoms with Crippen molar-refractivity contribution in [2.45, 2.75) is 37.5 Å². The summed E-state index contributed by atoms with van der Waals surface area (Å²) in [6.07, 6.45) is 2.95. The van der Waals surface area contributed by atoms with Crippen LogP contribution in [0.15, 0.2) is 102 Å². The minimum Gasteiger partial charge on any atom is -0.493 e. The highest BCUT2D eigenvalue weighted by molar-refractivity contribution is 7.92. The molecule has 2 N–H and O–H groups in total. The van der Waals surface area contributed by atoms with E-state index in [4.69, 9.17) is 14.2 Å². The number of carbonyl (C=O) groups is 1. The lowest BCUT2D eigenvalue weighted by Gasteiger charge is -2.20. The lowest BCUT2D eigenvalue weighted by atomic mass is 9.87. The van der Waals surface area contributed by atoms with Gasteiger partial charge in [-0.3, -0.25) is 9.52 Å². The molecule has 0 radical (unpaired) electrons. The first-order chi connectivity index (χ1) is 22.5. The van der Waals surface area contributed by atoms with Gasteiger partial charge in [0.15, 0.2) is 23.1 Å². The average molecular weight is 655 g/mol. The van der Waals surface area contributed by atoms with Crippen LogP contribution >= 0.6 is 0 Å². The summed E-state index contributed by atoms with van der Waals surface area (Å²) in [6, 6.07) is 24.0. The minimum atomic E-state index is -4.20. The highest BCUT2D eigenvalue weighted by Crippen LogP contribution is 2.41. The molecule has 0 atom stereocenters. The van der Waals surface area contributed by atoms with Crippen molar-refractivity contribution in [3.05, 3.63) is 103 Å². The molecular formula is C34H34N6O6S. The van der Waals surface area contributed by atoms with Crippen molar-refractivity contribution in [1.82, 2.24) is 19.9 Å². The lowest BCUT2D eigenvalue weighted by molar-refractivity contribution is -0.116. The van der Waals surface area contributed by atoms with Gasteiger partial charge in [-0.2, -0.15) is 4.98 Å². The molecule has 0 saturated carbocycles. The van der Waals surface area contributed by atoms with Crippen LogP contribution in [-0.2, 0) is 20.2 Å². The van der Waals surface area contributed by atoms with Gasteiger partial charge in [-0.25, -0.2) is 23.4 Å². The maximum atomic E-state index is 13.7. The van der Waals surface area contributed by atoms with Gasteiger partial charge in [-0.1, -0.05) is 63.2 Å². The van der Waals surface area contributed by atoms with E-state index in [2.05, 4.69) is 30.0 Å². The molecule has 2 aromatic heterocycles. The summed E-state index contributed by atoms with van der Waals surface area (Å²) in [4.78, 5) is 30.1. The summed E-state index contributed by atoms with van der Waals surface area (Å²) in [5.74, 6) is -0.179. The minimum absolute atomic E-state index is 0.00455. The van der Waals surface area contributed by atoms with Crippen molar-refractivity contribution in [1.29, 1.82) is 0 Å². The fourth-order valence-corrected chi connectivity index (χ4v) is 5.33. The molecule has 5 aromatic rings. The lowest BCUT2D eigenvalue weighted by Crippen LogP contribution is -2.18. The van der Waals surface area contributed by atoms with E-state index in [0.717, 1.165) is 5.56 Å². The number of aromatic nitrogens is 4. The van der Waals surface area contributed by atoms with Crippen molar-refractivity contribution in [3.8, 4) is 34.8 Å². The second-order valence-corrected chi connectivity index (χ2v) is 12.9. The summed E-state index contributed by atoms with van der Waals surface area (Å²) in [6.45, 7) is 5.99. The fourth-order valence-electron chi connectivity index (χ4n) is 4.32. The van der Waals surface area contributed by atoms with Crippen LogP contribution in [0.5, 0.6) is 23.1 Å². The summed E-state index contributed by atoms with van der Waals surface area (Å²) in [7, 11) is -2.73. The number of amides is 1. The van der Waals surface area contributed by atoms with Gasteiger partial charge in [0.1, 0.15) is 0 Å². The highest BCUT2D eigenvalue weighted by Gasteiger charge is 2.26. The van der Waals surface area contributed by atoms with Crippen LogP contribution in [0.1, 0.15) is 32.8 Å². The van der Waals surface area contributed by atoms with E-state index >= 15 is 0 Å². The second-order valence-electron chi connectivity index (χ2n) is 11.2. The SMILES string of the molecule is COc1ccccc1Oc1c(NS(=O)(=O)c2ccc(C(C)(C)C)cc2)nc(-c2ncccn2)nc1OCCC(=O)Nc1ccccc1. The van der Waals surface area contributed by atoms with Crippen molar-refractivity contribution >= 4 is 27.4 Å². The Morgan fingerprint density at radius 2 is 1.47 bits per heavy atom. The highest BCUT2D eigenvalue weighted by atomic mass is 32.2. The molecule has 0 fully saturated rings.